The van der Waals surface area contributed by atoms with Crippen LogP contribution in [0.15, 0.2) is 6.20 Å². The summed E-state index contributed by atoms with van der Waals surface area (Å²) in [5.74, 6) is 0.683. The minimum absolute atomic E-state index is 0.114. The van der Waals surface area contributed by atoms with Gasteiger partial charge in [0.05, 0.1) is 24.2 Å². The number of aryl methyl sites for hydroxylation is 1. The van der Waals surface area contributed by atoms with Gasteiger partial charge in [-0.05, 0) is 0 Å². The van der Waals surface area contributed by atoms with Crippen LogP contribution in [0, 0.1) is 0 Å². The first-order valence-corrected chi connectivity index (χ1v) is 6.82. The highest BCUT2D eigenvalue weighted by atomic mass is 16.4. The number of aromatic nitrogens is 4. The van der Waals surface area contributed by atoms with Crippen LogP contribution in [0.5, 0.6) is 0 Å². The van der Waals surface area contributed by atoms with Crippen LogP contribution < -0.4 is 10.6 Å². The number of hydrogen-bond acceptors (Lipinski definition) is 7. The van der Waals surface area contributed by atoms with Gasteiger partial charge < -0.3 is 25.7 Å². The molecule has 0 aliphatic carbocycles. The lowest BCUT2D eigenvalue weighted by atomic mass is 10.1. The Hall–Kier alpha value is -2.62. The molecular weight excluding hydrogens is 290 g/mol. The summed E-state index contributed by atoms with van der Waals surface area (Å²) >= 11 is 0. The molecule has 1 atom stereocenters. The van der Waals surface area contributed by atoms with E-state index >= 15 is 0 Å². The summed E-state index contributed by atoms with van der Waals surface area (Å²) in [7, 11) is 1.75. The zero-order valence-corrected chi connectivity index (χ0v) is 12.0. The van der Waals surface area contributed by atoms with E-state index in [4.69, 9.17) is 10.8 Å². The Labute approximate surface area is 125 Å². The Balaban J connectivity index is 2.01. The Bertz CT molecular complexity index is 716. The van der Waals surface area contributed by atoms with Gasteiger partial charge in [0.2, 0.25) is 5.95 Å². The highest BCUT2D eigenvalue weighted by Gasteiger charge is 2.31. The molecule has 1 aliphatic rings. The molecule has 3 rings (SSSR count). The smallest absolute Gasteiger partial charge is 0.407 e. The monoisotopic (exact) mass is 307 g/mol. The standard InChI is InChI=1S/C12H17N7O3/c1-17-9-8(4-14-17)10(16-11(13)15-9)19-3-2-18(12(21)22)5-7(19)6-20/h4,7,20H,2-3,5-6H2,1H3,(H,21,22)(H2,13,15,16)/t7-/m1/s1. The first-order valence-electron chi connectivity index (χ1n) is 6.82. The zero-order valence-electron chi connectivity index (χ0n) is 12.0. The third-order valence-corrected chi connectivity index (χ3v) is 3.83. The Morgan fingerprint density at radius 1 is 1.45 bits per heavy atom. The summed E-state index contributed by atoms with van der Waals surface area (Å²) in [6, 6.07) is -0.387. The highest BCUT2D eigenvalue weighted by Crippen LogP contribution is 2.27. The van der Waals surface area contributed by atoms with Gasteiger partial charge in [-0.15, -0.1) is 0 Å². The van der Waals surface area contributed by atoms with Crippen LogP contribution in [0.1, 0.15) is 0 Å². The van der Waals surface area contributed by atoms with Crippen molar-refractivity contribution in [2.45, 2.75) is 6.04 Å². The third-order valence-electron chi connectivity index (χ3n) is 3.83. The molecule has 22 heavy (non-hydrogen) atoms. The summed E-state index contributed by atoms with van der Waals surface area (Å²) in [5.41, 5.74) is 6.36. The van der Waals surface area contributed by atoms with E-state index in [2.05, 4.69) is 15.1 Å². The largest absolute Gasteiger partial charge is 0.465 e. The van der Waals surface area contributed by atoms with Crippen molar-refractivity contribution in [1.82, 2.24) is 24.6 Å². The molecule has 1 fully saturated rings. The number of fused-ring (bicyclic) bond motifs is 1. The first kappa shape index (κ1) is 14.3. The number of nitrogens with two attached hydrogens (primary N) is 1. The maximum absolute atomic E-state index is 11.1. The molecule has 10 nitrogen and oxygen atoms in total. The quantitative estimate of drug-likeness (QED) is 0.650. The maximum atomic E-state index is 11.1. The molecule has 118 valence electrons. The van der Waals surface area contributed by atoms with Crippen molar-refractivity contribution in [3.63, 3.8) is 0 Å². The van der Waals surface area contributed by atoms with E-state index in [1.54, 1.807) is 17.9 Å². The lowest BCUT2D eigenvalue weighted by Gasteiger charge is -2.40. The Kier molecular flexibility index (Phi) is 3.45. The summed E-state index contributed by atoms with van der Waals surface area (Å²) < 4.78 is 1.60. The molecule has 10 heteroatoms. The van der Waals surface area contributed by atoms with E-state index in [0.29, 0.717) is 24.6 Å². The Morgan fingerprint density at radius 3 is 2.91 bits per heavy atom. The maximum Gasteiger partial charge on any atom is 0.407 e. The summed E-state index contributed by atoms with van der Waals surface area (Å²) in [6.07, 6.45) is 0.647. The number of carboxylic acid groups (broad SMARTS) is 1. The number of carbonyl (C=O) groups is 1. The minimum Gasteiger partial charge on any atom is -0.465 e. The normalized spacial score (nSPS) is 18.9. The van der Waals surface area contributed by atoms with Gasteiger partial charge in [0, 0.05) is 26.7 Å². The number of nitrogens with zero attached hydrogens (tertiary/aromatic N) is 6. The fourth-order valence-corrected chi connectivity index (χ4v) is 2.71. The van der Waals surface area contributed by atoms with E-state index in [-0.39, 0.29) is 25.1 Å². The van der Waals surface area contributed by atoms with Crippen molar-refractivity contribution in [2.75, 3.05) is 36.9 Å². The average molecular weight is 307 g/mol. The summed E-state index contributed by atoms with van der Waals surface area (Å²) in [5, 5.41) is 23.6. The van der Waals surface area contributed by atoms with Gasteiger partial charge in [0.1, 0.15) is 5.82 Å². The van der Waals surface area contributed by atoms with Crippen molar-refractivity contribution in [3.8, 4) is 0 Å². The molecular formula is C12H17N7O3. The predicted molar refractivity (Wildman–Crippen MR) is 78.5 cm³/mol. The molecule has 0 unspecified atom stereocenters. The highest BCUT2D eigenvalue weighted by molar-refractivity contribution is 5.88. The van der Waals surface area contributed by atoms with E-state index < -0.39 is 6.09 Å². The second kappa shape index (κ2) is 5.30. The van der Waals surface area contributed by atoms with Crippen molar-refractivity contribution in [1.29, 1.82) is 0 Å². The van der Waals surface area contributed by atoms with Gasteiger partial charge >= 0.3 is 6.09 Å². The van der Waals surface area contributed by atoms with E-state index in [9.17, 15) is 9.90 Å². The lowest BCUT2D eigenvalue weighted by Crippen LogP contribution is -2.56. The van der Waals surface area contributed by atoms with Crippen molar-refractivity contribution in [2.24, 2.45) is 7.05 Å². The van der Waals surface area contributed by atoms with Gasteiger partial charge in [-0.3, -0.25) is 4.68 Å². The molecule has 0 radical (unpaired) electrons. The number of nitrogen functional groups attached to an aromatic ring is 1. The molecule has 3 heterocycles. The molecule has 0 bridgehead atoms. The molecule has 1 aliphatic heterocycles. The first-order chi connectivity index (χ1) is 10.5. The number of aliphatic hydroxyl groups is 1. The second-order valence-electron chi connectivity index (χ2n) is 5.17. The van der Waals surface area contributed by atoms with Gasteiger partial charge in [0.25, 0.3) is 0 Å². The molecule has 0 spiro atoms. The zero-order chi connectivity index (χ0) is 15.9. The topological polar surface area (TPSA) is 134 Å². The van der Waals surface area contributed by atoms with Crippen molar-refractivity contribution in [3.05, 3.63) is 6.20 Å². The van der Waals surface area contributed by atoms with Gasteiger partial charge in [0.15, 0.2) is 5.65 Å². The fourth-order valence-electron chi connectivity index (χ4n) is 2.71. The number of aliphatic hydroxyl groups excluding tert-OH is 1. The van der Waals surface area contributed by atoms with E-state index in [0.717, 1.165) is 5.39 Å². The average Bonchev–Trinajstić information content (AvgIpc) is 2.87. The van der Waals surface area contributed by atoms with Gasteiger partial charge in [-0.1, -0.05) is 0 Å². The van der Waals surface area contributed by atoms with Crippen LogP contribution in [-0.4, -0.2) is 73.2 Å². The predicted octanol–water partition coefficient (Wildman–Crippen LogP) is -0.894. The Morgan fingerprint density at radius 2 is 2.23 bits per heavy atom. The van der Waals surface area contributed by atoms with Crippen LogP contribution in [0.3, 0.4) is 0 Å². The van der Waals surface area contributed by atoms with Crippen molar-refractivity contribution >= 4 is 28.9 Å². The van der Waals surface area contributed by atoms with Crippen LogP contribution in [0.2, 0.25) is 0 Å². The molecule has 4 N–H and O–H groups in total. The van der Waals surface area contributed by atoms with Crippen molar-refractivity contribution < 1.29 is 15.0 Å². The molecule has 0 saturated carbocycles. The minimum atomic E-state index is -0.994. The van der Waals surface area contributed by atoms with Crippen LogP contribution in [0.4, 0.5) is 16.6 Å². The number of hydrogen-bond donors (Lipinski definition) is 3. The second-order valence-corrected chi connectivity index (χ2v) is 5.17. The number of rotatable bonds is 2. The molecule has 1 amide bonds. The van der Waals surface area contributed by atoms with Crippen LogP contribution >= 0.6 is 0 Å². The van der Waals surface area contributed by atoms with E-state index in [1.165, 1.54) is 4.90 Å². The molecule has 0 aromatic carbocycles. The van der Waals surface area contributed by atoms with Crippen LogP contribution in [-0.2, 0) is 7.05 Å². The van der Waals surface area contributed by atoms with Gasteiger partial charge in [-0.25, -0.2) is 4.79 Å². The third kappa shape index (κ3) is 2.26. The SMILES string of the molecule is Cn1ncc2c(N3CCN(C(=O)O)C[C@@H]3CO)nc(N)nc21. The van der Waals surface area contributed by atoms with E-state index in [1.807, 2.05) is 4.90 Å². The molecule has 2 aromatic heterocycles. The summed E-state index contributed by atoms with van der Waals surface area (Å²) in [6.45, 7) is 0.766. The van der Waals surface area contributed by atoms with Crippen LogP contribution in [0.25, 0.3) is 11.0 Å². The molecule has 2 aromatic rings. The number of anilines is 2. The molecule has 1 saturated heterocycles. The summed E-state index contributed by atoms with van der Waals surface area (Å²) in [4.78, 5) is 22.7. The fraction of sp³-hybridized carbons (Fsp3) is 0.500. The number of piperazine rings is 1. The number of amides is 1. The van der Waals surface area contributed by atoms with Gasteiger partial charge in [-0.2, -0.15) is 15.1 Å². The lowest BCUT2D eigenvalue weighted by molar-refractivity contribution is 0.124.